The molecule has 6 unspecified atom stereocenters. The highest BCUT2D eigenvalue weighted by atomic mass is 79.9. The summed E-state index contributed by atoms with van der Waals surface area (Å²) in [5.41, 5.74) is 2.00. The summed E-state index contributed by atoms with van der Waals surface area (Å²) in [4.78, 5) is 17.2. The van der Waals surface area contributed by atoms with Gasteiger partial charge in [-0.3, -0.25) is 9.79 Å². The molecule has 1 saturated heterocycles. The highest BCUT2D eigenvalue weighted by Gasteiger charge is 2.51. The molecule has 0 N–H and O–H groups in total. The number of aliphatic imine (C=N–C) groups is 1. The van der Waals surface area contributed by atoms with Crippen molar-refractivity contribution in [2.24, 2.45) is 22.7 Å². The maximum Gasteiger partial charge on any atom is 0.313 e. The Morgan fingerprint density at radius 2 is 2.00 bits per heavy atom. The van der Waals surface area contributed by atoms with Gasteiger partial charge in [0.15, 0.2) is 0 Å². The lowest BCUT2D eigenvalue weighted by atomic mass is 9.66. The van der Waals surface area contributed by atoms with Gasteiger partial charge in [0.2, 0.25) is 0 Å². The van der Waals surface area contributed by atoms with Crippen molar-refractivity contribution in [1.29, 1.82) is 0 Å². The third kappa shape index (κ3) is 3.17. The zero-order valence-electron chi connectivity index (χ0n) is 14.1. The summed E-state index contributed by atoms with van der Waals surface area (Å²) in [6.07, 6.45) is 8.85. The van der Waals surface area contributed by atoms with E-state index in [-0.39, 0.29) is 40.6 Å². The minimum atomic E-state index is -0.227. The number of cyclic esters (lactones) is 1. The second kappa shape index (κ2) is 7.14. The van der Waals surface area contributed by atoms with E-state index in [9.17, 15) is 4.79 Å². The number of halogens is 3. The van der Waals surface area contributed by atoms with Crippen molar-refractivity contribution in [2.45, 2.75) is 30.2 Å². The molecule has 2 heterocycles. The molecule has 1 aromatic rings. The number of allylic oxidation sites excluding steroid dienone is 3. The van der Waals surface area contributed by atoms with Gasteiger partial charge in [0.25, 0.3) is 0 Å². The number of fused-ring (bicyclic) bond motifs is 1. The SMILES string of the molecule is CC1OC(=O)C2C=CC(c3ccc(Cl)cc3Cl)C(C3=CCC(Br)C=N3)C12. The summed E-state index contributed by atoms with van der Waals surface area (Å²) in [7, 11) is 0. The normalized spacial score (nSPS) is 35.8. The minimum Gasteiger partial charge on any atom is -0.462 e. The molecule has 1 aromatic carbocycles. The Kier molecular flexibility index (Phi) is 5.02. The Morgan fingerprint density at radius 1 is 1.23 bits per heavy atom. The summed E-state index contributed by atoms with van der Waals surface area (Å²) in [5.74, 6) is -0.285. The molecule has 3 aliphatic rings. The van der Waals surface area contributed by atoms with Crippen LogP contribution in [0.2, 0.25) is 10.0 Å². The fourth-order valence-electron chi connectivity index (χ4n) is 4.30. The number of nitrogens with zero attached hydrogens (tertiary/aromatic N) is 1. The van der Waals surface area contributed by atoms with Gasteiger partial charge in [0.05, 0.1) is 10.7 Å². The van der Waals surface area contributed by atoms with Gasteiger partial charge in [-0.2, -0.15) is 0 Å². The van der Waals surface area contributed by atoms with Gasteiger partial charge < -0.3 is 4.74 Å². The number of rotatable bonds is 2. The van der Waals surface area contributed by atoms with Gasteiger partial charge in [0.1, 0.15) is 6.10 Å². The quantitative estimate of drug-likeness (QED) is 0.333. The van der Waals surface area contributed by atoms with Crippen LogP contribution in [0, 0.1) is 17.8 Å². The molecule has 0 saturated carbocycles. The lowest BCUT2D eigenvalue weighted by Gasteiger charge is -2.37. The zero-order chi connectivity index (χ0) is 18.4. The molecular formula is C20H18BrCl2NO2. The molecule has 0 aromatic heterocycles. The average molecular weight is 455 g/mol. The van der Waals surface area contributed by atoms with Crippen molar-refractivity contribution in [3.8, 4) is 0 Å². The van der Waals surface area contributed by atoms with Gasteiger partial charge >= 0.3 is 5.97 Å². The third-order valence-electron chi connectivity index (χ3n) is 5.46. The summed E-state index contributed by atoms with van der Waals surface area (Å²) >= 11 is 16.2. The molecule has 1 aliphatic carbocycles. The number of alkyl halides is 1. The number of carbonyl (C=O) groups is 1. The van der Waals surface area contributed by atoms with Crippen LogP contribution in [0.15, 0.2) is 47.1 Å². The van der Waals surface area contributed by atoms with E-state index in [0.29, 0.717) is 10.0 Å². The average Bonchev–Trinajstić information content (AvgIpc) is 2.90. The topological polar surface area (TPSA) is 38.7 Å². The van der Waals surface area contributed by atoms with Gasteiger partial charge in [-0.1, -0.05) is 63.4 Å². The van der Waals surface area contributed by atoms with E-state index in [1.54, 1.807) is 6.07 Å². The van der Waals surface area contributed by atoms with Crippen LogP contribution < -0.4 is 0 Å². The predicted molar refractivity (Wildman–Crippen MR) is 108 cm³/mol. The van der Waals surface area contributed by atoms with Crippen molar-refractivity contribution in [2.75, 3.05) is 0 Å². The summed E-state index contributed by atoms with van der Waals surface area (Å²) in [5, 5.41) is 1.24. The molecule has 2 aliphatic heterocycles. The van der Waals surface area contributed by atoms with Gasteiger partial charge in [-0.05, 0) is 31.0 Å². The van der Waals surface area contributed by atoms with Crippen LogP contribution in [0.3, 0.4) is 0 Å². The molecule has 26 heavy (non-hydrogen) atoms. The van der Waals surface area contributed by atoms with Crippen LogP contribution in [0.4, 0.5) is 0 Å². The Morgan fingerprint density at radius 3 is 2.69 bits per heavy atom. The first-order valence-electron chi connectivity index (χ1n) is 8.68. The molecule has 0 spiro atoms. The molecule has 4 rings (SSSR count). The lowest BCUT2D eigenvalue weighted by Crippen LogP contribution is -2.35. The fraction of sp³-hybridized carbons (Fsp3) is 0.400. The van der Waals surface area contributed by atoms with Crippen molar-refractivity contribution < 1.29 is 9.53 Å². The largest absolute Gasteiger partial charge is 0.462 e. The molecule has 0 radical (unpaired) electrons. The standard InChI is InChI=1S/C20H18BrCl2NO2/c1-10-18-15(20(25)26-10)6-5-14(13-4-3-12(22)8-16(13)23)19(18)17-7-2-11(21)9-24-17/h3-11,14-15,18-19H,2H2,1H3. The summed E-state index contributed by atoms with van der Waals surface area (Å²) < 4.78 is 5.55. The molecule has 0 bridgehead atoms. The van der Waals surface area contributed by atoms with E-state index < -0.39 is 0 Å². The number of benzene rings is 1. The first-order chi connectivity index (χ1) is 12.5. The number of hydrogen-bond acceptors (Lipinski definition) is 3. The summed E-state index contributed by atoms with van der Waals surface area (Å²) in [6.45, 7) is 1.97. The number of esters is 1. The van der Waals surface area contributed by atoms with E-state index >= 15 is 0 Å². The maximum atomic E-state index is 12.3. The smallest absolute Gasteiger partial charge is 0.313 e. The van der Waals surface area contributed by atoms with Gasteiger partial charge in [-0.25, -0.2) is 0 Å². The van der Waals surface area contributed by atoms with Crippen LogP contribution in [-0.2, 0) is 9.53 Å². The molecular weight excluding hydrogens is 437 g/mol. The van der Waals surface area contributed by atoms with Crippen LogP contribution >= 0.6 is 39.1 Å². The highest BCUT2D eigenvalue weighted by Crippen LogP contribution is 2.51. The fourth-order valence-corrected chi connectivity index (χ4v) is 5.14. The predicted octanol–water partition coefficient (Wildman–Crippen LogP) is 5.56. The first kappa shape index (κ1) is 18.3. The van der Waals surface area contributed by atoms with E-state index in [1.165, 1.54) is 0 Å². The van der Waals surface area contributed by atoms with Crippen molar-refractivity contribution in [1.82, 2.24) is 0 Å². The maximum absolute atomic E-state index is 12.3. The van der Waals surface area contributed by atoms with Crippen molar-refractivity contribution in [3.05, 3.63) is 57.7 Å². The number of ether oxygens (including phenoxy) is 1. The van der Waals surface area contributed by atoms with Crippen molar-refractivity contribution >= 4 is 51.3 Å². The van der Waals surface area contributed by atoms with Gasteiger partial charge in [0, 0.05) is 39.7 Å². The lowest BCUT2D eigenvalue weighted by molar-refractivity contribution is -0.142. The van der Waals surface area contributed by atoms with E-state index in [1.807, 2.05) is 31.3 Å². The second-order valence-corrected chi connectivity index (χ2v) is 9.03. The zero-order valence-corrected chi connectivity index (χ0v) is 17.2. The molecule has 6 heteroatoms. The van der Waals surface area contributed by atoms with Crippen molar-refractivity contribution in [3.63, 3.8) is 0 Å². The molecule has 3 nitrogen and oxygen atoms in total. The highest BCUT2D eigenvalue weighted by molar-refractivity contribution is 9.10. The first-order valence-corrected chi connectivity index (χ1v) is 10.3. The Bertz CT molecular complexity index is 835. The Labute approximate surface area is 171 Å². The van der Waals surface area contributed by atoms with Crippen LogP contribution in [0.25, 0.3) is 0 Å². The number of hydrogen-bond donors (Lipinski definition) is 0. The van der Waals surface area contributed by atoms with Gasteiger partial charge in [-0.15, -0.1) is 0 Å². The molecule has 0 amide bonds. The van der Waals surface area contributed by atoms with E-state index in [0.717, 1.165) is 17.7 Å². The van der Waals surface area contributed by atoms with Crippen LogP contribution in [-0.4, -0.2) is 23.1 Å². The van der Waals surface area contributed by atoms with E-state index in [4.69, 9.17) is 32.9 Å². The van der Waals surface area contributed by atoms with E-state index in [2.05, 4.69) is 28.1 Å². The summed E-state index contributed by atoms with van der Waals surface area (Å²) in [6, 6.07) is 5.59. The molecule has 1 fully saturated rings. The molecule has 6 atom stereocenters. The number of carbonyl (C=O) groups excluding carboxylic acids is 1. The third-order valence-corrected chi connectivity index (χ3v) is 6.63. The van der Waals surface area contributed by atoms with Crippen LogP contribution in [0.5, 0.6) is 0 Å². The van der Waals surface area contributed by atoms with Crippen LogP contribution in [0.1, 0.15) is 24.8 Å². The monoisotopic (exact) mass is 453 g/mol. The minimum absolute atomic E-state index is 0.0215. The molecule has 136 valence electrons. The Balaban J connectivity index is 1.81. The Hall–Kier alpha value is -1.10. The second-order valence-electron chi connectivity index (χ2n) is 7.01.